The van der Waals surface area contributed by atoms with Crippen LogP contribution >= 0.6 is 0 Å². The number of alkyl halides is 1. The predicted molar refractivity (Wildman–Crippen MR) is 115 cm³/mol. The molecular weight excluding hydrogens is 363 g/mol. The van der Waals surface area contributed by atoms with Gasteiger partial charge in [0, 0.05) is 11.3 Å². The highest BCUT2D eigenvalue weighted by atomic mass is 19.1. The van der Waals surface area contributed by atoms with E-state index in [1.54, 1.807) is 0 Å². The molecule has 4 saturated carbocycles. The maximum Gasteiger partial charge on any atom is 0.118 e. The third-order valence-corrected chi connectivity index (χ3v) is 9.68. The zero-order valence-corrected chi connectivity index (χ0v) is 19.0. The van der Waals surface area contributed by atoms with Crippen molar-refractivity contribution in [2.24, 2.45) is 28.6 Å². The Bertz CT molecular complexity index is 682. The van der Waals surface area contributed by atoms with Gasteiger partial charge in [-0.05, 0) is 94.5 Å². The summed E-state index contributed by atoms with van der Waals surface area (Å²) in [4.78, 5) is 0. The Morgan fingerprint density at radius 2 is 1.90 bits per heavy atom. The summed E-state index contributed by atoms with van der Waals surface area (Å²) in [6, 6.07) is 0. The molecular formula is C26H41FO2. The number of fused-ring (bicyclic) bond motifs is 5. The van der Waals surface area contributed by atoms with Crippen LogP contribution in [0.2, 0.25) is 0 Å². The summed E-state index contributed by atoms with van der Waals surface area (Å²) in [6.45, 7) is 12.5. The number of aliphatic hydroxyl groups excluding tert-OH is 1. The Hall–Kier alpha value is -0.630. The number of rotatable bonds is 4. The number of hydrogen-bond donors (Lipinski definition) is 1. The molecule has 9 atom stereocenters. The first kappa shape index (κ1) is 21.6. The zero-order valence-electron chi connectivity index (χ0n) is 19.0. The predicted octanol–water partition coefficient (Wildman–Crippen LogP) is 6.38. The van der Waals surface area contributed by atoms with Gasteiger partial charge in [-0.1, -0.05) is 26.8 Å². The number of halogens is 1. The summed E-state index contributed by atoms with van der Waals surface area (Å²) in [5.41, 5.74) is 3.41. The molecule has 4 aliphatic rings. The van der Waals surface area contributed by atoms with Crippen LogP contribution in [0.15, 0.2) is 17.9 Å². The maximum absolute atomic E-state index is 17.0. The molecule has 0 amide bonds. The van der Waals surface area contributed by atoms with E-state index in [1.165, 1.54) is 5.57 Å². The van der Waals surface area contributed by atoms with E-state index in [9.17, 15) is 5.11 Å². The Morgan fingerprint density at radius 1 is 1.14 bits per heavy atom. The molecule has 1 N–H and O–H groups in total. The number of ether oxygens (including phenoxy) is 1. The van der Waals surface area contributed by atoms with E-state index in [2.05, 4.69) is 33.1 Å². The van der Waals surface area contributed by atoms with Gasteiger partial charge in [-0.25, -0.2) is 4.39 Å². The molecule has 0 aromatic carbocycles. The normalized spacial score (nSPS) is 48.8. The van der Waals surface area contributed by atoms with Gasteiger partial charge in [0.1, 0.15) is 5.67 Å². The Morgan fingerprint density at radius 3 is 2.59 bits per heavy atom. The first-order chi connectivity index (χ1) is 13.6. The summed E-state index contributed by atoms with van der Waals surface area (Å²) < 4.78 is 23.5. The lowest BCUT2D eigenvalue weighted by molar-refractivity contribution is -0.206. The quantitative estimate of drug-likeness (QED) is 0.551. The maximum atomic E-state index is 17.0. The minimum atomic E-state index is -1.05. The van der Waals surface area contributed by atoms with Crippen molar-refractivity contribution in [2.45, 2.75) is 116 Å². The van der Waals surface area contributed by atoms with Gasteiger partial charge >= 0.3 is 0 Å². The van der Waals surface area contributed by atoms with Crippen LogP contribution in [0.1, 0.15) is 91.9 Å². The molecule has 0 aliphatic heterocycles. The van der Waals surface area contributed by atoms with E-state index in [0.29, 0.717) is 18.8 Å². The monoisotopic (exact) mass is 404 g/mol. The van der Waals surface area contributed by atoms with Crippen molar-refractivity contribution < 1.29 is 14.2 Å². The van der Waals surface area contributed by atoms with Crippen LogP contribution in [0.4, 0.5) is 4.39 Å². The number of hydrogen-bond acceptors (Lipinski definition) is 2. The van der Waals surface area contributed by atoms with E-state index in [0.717, 1.165) is 51.4 Å². The number of allylic oxidation sites excluding steroid dienone is 1. The Balaban J connectivity index is 1.59. The van der Waals surface area contributed by atoms with Crippen LogP contribution in [0, 0.1) is 28.6 Å². The van der Waals surface area contributed by atoms with E-state index in [-0.39, 0.29) is 41.0 Å². The van der Waals surface area contributed by atoms with E-state index in [4.69, 9.17) is 4.74 Å². The highest BCUT2D eigenvalue weighted by Crippen LogP contribution is 2.70. The summed E-state index contributed by atoms with van der Waals surface area (Å²) in [7, 11) is 0. The molecule has 0 aromatic heterocycles. The summed E-state index contributed by atoms with van der Waals surface area (Å²) in [5.74, 6) is 0.724. The molecule has 0 spiro atoms. The fourth-order valence-electron chi connectivity index (χ4n) is 8.46. The SMILES string of the molecule is C=C=C1CC[C@H]2[C@]3(F)CC[C@H]4[C@@H](O[C@@H](C)C[C@H](C)O)CCC[C@]4(C)[C@H]3CC[C@]12C. The van der Waals surface area contributed by atoms with E-state index in [1.807, 2.05) is 6.92 Å². The van der Waals surface area contributed by atoms with Crippen LogP contribution in [-0.2, 0) is 4.74 Å². The Kier molecular flexibility index (Phi) is 5.59. The Labute approximate surface area is 177 Å². The zero-order chi connectivity index (χ0) is 21.0. The van der Waals surface area contributed by atoms with Gasteiger partial charge in [0.25, 0.3) is 0 Å². The minimum Gasteiger partial charge on any atom is -0.393 e. The van der Waals surface area contributed by atoms with Crippen molar-refractivity contribution >= 4 is 0 Å². The molecule has 0 saturated heterocycles. The summed E-state index contributed by atoms with van der Waals surface area (Å²) >= 11 is 0. The minimum absolute atomic E-state index is 0.0302. The van der Waals surface area contributed by atoms with Crippen LogP contribution in [0.5, 0.6) is 0 Å². The van der Waals surface area contributed by atoms with E-state index < -0.39 is 5.67 Å². The highest BCUT2D eigenvalue weighted by molar-refractivity contribution is 5.27. The first-order valence-corrected chi connectivity index (χ1v) is 12.1. The van der Waals surface area contributed by atoms with Crippen molar-refractivity contribution in [3.05, 3.63) is 17.9 Å². The van der Waals surface area contributed by atoms with Crippen molar-refractivity contribution in [1.29, 1.82) is 0 Å². The molecule has 0 bridgehead atoms. The average Bonchev–Trinajstić information content (AvgIpc) is 2.98. The van der Waals surface area contributed by atoms with Gasteiger partial charge in [-0.3, -0.25) is 0 Å². The van der Waals surface area contributed by atoms with Crippen LogP contribution in [0.3, 0.4) is 0 Å². The van der Waals surface area contributed by atoms with Crippen LogP contribution < -0.4 is 0 Å². The number of aliphatic hydroxyl groups is 1. The lowest BCUT2D eigenvalue weighted by Gasteiger charge is -2.63. The highest BCUT2D eigenvalue weighted by Gasteiger charge is 2.67. The molecule has 0 aromatic rings. The second-order valence-corrected chi connectivity index (χ2v) is 11.3. The van der Waals surface area contributed by atoms with E-state index >= 15 is 4.39 Å². The summed E-state index contributed by atoms with van der Waals surface area (Å²) in [6.07, 6.45) is 9.59. The second-order valence-electron chi connectivity index (χ2n) is 11.3. The summed E-state index contributed by atoms with van der Waals surface area (Å²) in [5, 5.41) is 9.74. The van der Waals surface area contributed by atoms with Crippen molar-refractivity contribution in [1.82, 2.24) is 0 Å². The molecule has 29 heavy (non-hydrogen) atoms. The average molecular weight is 405 g/mol. The molecule has 4 aliphatic carbocycles. The van der Waals surface area contributed by atoms with Gasteiger partial charge < -0.3 is 9.84 Å². The lowest BCUT2D eigenvalue weighted by atomic mass is 9.43. The van der Waals surface area contributed by atoms with Crippen LogP contribution in [0.25, 0.3) is 0 Å². The molecule has 0 radical (unpaired) electrons. The molecule has 0 unspecified atom stereocenters. The van der Waals surface area contributed by atoms with Gasteiger partial charge in [0.2, 0.25) is 0 Å². The van der Waals surface area contributed by atoms with Gasteiger partial charge in [-0.2, -0.15) is 0 Å². The topological polar surface area (TPSA) is 29.5 Å². The van der Waals surface area contributed by atoms with Gasteiger partial charge in [0.15, 0.2) is 0 Å². The van der Waals surface area contributed by atoms with Gasteiger partial charge in [-0.15, -0.1) is 5.73 Å². The molecule has 4 fully saturated rings. The third-order valence-electron chi connectivity index (χ3n) is 9.68. The first-order valence-electron chi connectivity index (χ1n) is 12.1. The molecule has 164 valence electrons. The molecule has 4 rings (SSSR count). The second kappa shape index (κ2) is 7.50. The lowest BCUT2D eigenvalue weighted by Crippen LogP contribution is -2.62. The third kappa shape index (κ3) is 3.27. The largest absolute Gasteiger partial charge is 0.393 e. The molecule has 0 heterocycles. The fourth-order valence-corrected chi connectivity index (χ4v) is 8.46. The van der Waals surface area contributed by atoms with Crippen molar-refractivity contribution in [3.8, 4) is 0 Å². The fraction of sp³-hybridized carbons (Fsp3) is 0.885. The van der Waals surface area contributed by atoms with Gasteiger partial charge in [0.05, 0.1) is 18.3 Å². The smallest absolute Gasteiger partial charge is 0.118 e. The standard InChI is InChI=1S/C26H41FO2/c1-6-19-9-10-22-24(19,4)14-12-23-25(5)13-7-8-21(29-18(3)16-17(2)28)20(25)11-15-26(22,23)27/h17-18,20-23,28H,1,7-16H2,2-5H3/t17-,18-,20-,21-,22+,23+,24+,25-,26+/m0/s1. The van der Waals surface area contributed by atoms with Crippen molar-refractivity contribution in [3.63, 3.8) is 0 Å². The van der Waals surface area contributed by atoms with Crippen molar-refractivity contribution in [2.75, 3.05) is 0 Å². The van der Waals surface area contributed by atoms with Crippen LogP contribution in [-0.4, -0.2) is 29.1 Å². The molecule has 2 nitrogen and oxygen atoms in total. The molecule has 3 heteroatoms.